The number of aliphatic carboxylic acids is 1. The molecule has 1 aromatic carbocycles. The highest BCUT2D eigenvalue weighted by atomic mass is 16.6. The van der Waals surface area contributed by atoms with Gasteiger partial charge in [-0.1, -0.05) is 19.4 Å². The standard InChI is InChI=1S/C37H59N7O12/c1-8-9-20-53-34(51)43-33(39)44(35(52)56-37(5,6)7)19-13-17-26(31(49)42-27(16-10-11-18-38)32(50)55-36(2,3)4)41-28(45)22-40-30(48)24-14-12-15-25(21-24)54-23-29(46)47/h12,14-15,21,26-27H,8-11,13,16-20,22-23,38H2,1-7H3,(H,40,48)(H,41,45)(H,42,49)(H,46,47)(H2,39,43,51)/t26-,27-/m0/s1. The average molecular weight is 794 g/mol. The van der Waals surface area contributed by atoms with Gasteiger partial charge in [0.25, 0.3) is 5.91 Å². The van der Waals surface area contributed by atoms with Gasteiger partial charge in [0, 0.05) is 12.1 Å². The van der Waals surface area contributed by atoms with Crippen molar-refractivity contribution in [3.63, 3.8) is 0 Å². The van der Waals surface area contributed by atoms with E-state index >= 15 is 0 Å². The third-order valence-corrected chi connectivity index (χ3v) is 7.18. The Labute approximate surface area is 327 Å². The van der Waals surface area contributed by atoms with Crippen LogP contribution < -0.4 is 31.7 Å². The molecule has 0 heterocycles. The Bertz CT molecular complexity index is 1510. The van der Waals surface area contributed by atoms with Crippen LogP contribution in [0.2, 0.25) is 0 Å². The fraction of sp³-hybridized carbons (Fsp3) is 0.622. The second-order valence-electron chi connectivity index (χ2n) is 14.6. The summed E-state index contributed by atoms with van der Waals surface area (Å²) in [6.07, 6.45) is 0.485. The molecule has 0 aliphatic heterocycles. The van der Waals surface area contributed by atoms with Gasteiger partial charge in [0.05, 0.1) is 13.2 Å². The summed E-state index contributed by atoms with van der Waals surface area (Å²) in [6, 6.07) is 3.21. The molecule has 0 fully saturated rings. The number of carbonyl (C=O) groups is 7. The minimum Gasteiger partial charge on any atom is -0.482 e. The van der Waals surface area contributed by atoms with E-state index in [2.05, 4.69) is 21.3 Å². The monoisotopic (exact) mass is 793 g/mol. The molecule has 0 bridgehead atoms. The predicted molar refractivity (Wildman–Crippen MR) is 204 cm³/mol. The molecule has 0 unspecified atom stereocenters. The fourth-order valence-corrected chi connectivity index (χ4v) is 4.61. The van der Waals surface area contributed by atoms with Crippen LogP contribution in [0.5, 0.6) is 5.75 Å². The van der Waals surface area contributed by atoms with Gasteiger partial charge in [0.1, 0.15) is 29.0 Å². The lowest BCUT2D eigenvalue weighted by atomic mass is 10.1. The number of nitrogens with zero attached hydrogens (tertiary/aromatic N) is 1. The first kappa shape index (κ1) is 48.6. The number of benzene rings is 1. The number of carboxylic acids is 1. The number of unbranched alkanes of at least 4 members (excludes halogenated alkanes) is 2. The lowest BCUT2D eigenvalue weighted by molar-refractivity contribution is -0.159. The minimum absolute atomic E-state index is 0.0354. The summed E-state index contributed by atoms with van der Waals surface area (Å²) in [6.45, 7) is 10.8. The van der Waals surface area contributed by atoms with Gasteiger partial charge in [-0.15, -0.1) is 0 Å². The van der Waals surface area contributed by atoms with Gasteiger partial charge >= 0.3 is 24.1 Å². The highest BCUT2D eigenvalue weighted by molar-refractivity contribution is 6.00. The summed E-state index contributed by atoms with van der Waals surface area (Å²) in [5.74, 6) is -4.69. The number of amides is 5. The largest absolute Gasteiger partial charge is 0.482 e. The van der Waals surface area contributed by atoms with E-state index in [0.717, 1.165) is 11.3 Å². The molecule has 0 saturated heterocycles. The zero-order chi connectivity index (χ0) is 42.5. The number of nitrogens with one attached hydrogen (secondary N) is 5. The van der Waals surface area contributed by atoms with Gasteiger partial charge in [-0.3, -0.25) is 25.1 Å². The van der Waals surface area contributed by atoms with E-state index in [0.29, 0.717) is 25.8 Å². The van der Waals surface area contributed by atoms with Crippen molar-refractivity contribution in [3.05, 3.63) is 29.8 Å². The van der Waals surface area contributed by atoms with Crippen molar-refractivity contribution >= 4 is 47.8 Å². The molecule has 0 spiro atoms. The molecular weight excluding hydrogens is 734 g/mol. The fourth-order valence-electron chi connectivity index (χ4n) is 4.61. The van der Waals surface area contributed by atoms with Crippen LogP contribution in [-0.4, -0.2) is 114 Å². The molecule has 0 aromatic heterocycles. The molecule has 0 aliphatic rings. The van der Waals surface area contributed by atoms with Crippen molar-refractivity contribution in [1.82, 2.24) is 26.2 Å². The summed E-state index contributed by atoms with van der Waals surface area (Å²) in [5.41, 5.74) is 3.87. The van der Waals surface area contributed by atoms with E-state index < -0.39 is 84.2 Å². The number of guanidine groups is 1. The number of alkyl carbamates (subject to hydrolysis) is 1. The smallest absolute Gasteiger partial charge is 0.417 e. The number of hydrogen-bond acceptors (Lipinski definition) is 13. The van der Waals surface area contributed by atoms with E-state index in [9.17, 15) is 33.6 Å². The van der Waals surface area contributed by atoms with Crippen LogP contribution in [0.1, 0.15) is 104 Å². The van der Waals surface area contributed by atoms with Crippen LogP contribution >= 0.6 is 0 Å². The van der Waals surface area contributed by atoms with Gasteiger partial charge in [0.2, 0.25) is 17.8 Å². The van der Waals surface area contributed by atoms with Crippen molar-refractivity contribution in [2.45, 2.75) is 117 Å². The molecule has 19 nitrogen and oxygen atoms in total. The molecule has 0 aliphatic carbocycles. The van der Waals surface area contributed by atoms with Crippen LogP contribution in [-0.2, 0) is 33.4 Å². The molecule has 5 amide bonds. The molecule has 56 heavy (non-hydrogen) atoms. The van der Waals surface area contributed by atoms with Gasteiger partial charge in [-0.2, -0.15) is 0 Å². The molecule has 1 rings (SSSR count). The highest BCUT2D eigenvalue weighted by Gasteiger charge is 2.31. The second kappa shape index (κ2) is 24.1. The Balaban J connectivity index is 3.26. The summed E-state index contributed by atoms with van der Waals surface area (Å²) in [4.78, 5) is 90.0. The summed E-state index contributed by atoms with van der Waals surface area (Å²) < 4.78 is 21.1. The highest BCUT2D eigenvalue weighted by Crippen LogP contribution is 2.15. The van der Waals surface area contributed by atoms with E-state index in [1.807, 2.05) is 6.92 Å². The molecule has 2 atom stereocenters. The summed E-state index contributed by atoms with van der Waals surface area (Å²) >= 11 is 0. The van der Waals surface area contributed by atoms with E-state index in [1.165, 1.54) is 24.3 Å². The minimum atomic E-state index is -1.33. The van der Waals surface area contributed by atoms with Crippen molar-refractivity contribution in [2.24, 2.45) is 5.73 Å². The summed E-state index contributed by atoms with van der Waals surface area (Å²) in [7, 11) is 0. The first-order valence-electron chi connectivity index (χ1n) is 18.4. The van der Waals surface area contributed by atoms with Gasteiger partial charge < -0.3 is 45.7 Å². The van der Waals surface area contributed by atoms with E-state index in [-0.39, 0.29) is 43.7 Å². The lowest BCUT2D eigenvalue weighted by Crippen LogP contribution is -2.54. The summed E-state index contributed by atoms with van der Waals surface area (Å²) in [5, 5.41) is 27.1. The topological polar surface area (TPSA) is 278 Å². The number of ether oxygens (including phenoxy) is 4. The number of rotatable bonds is 21. The first-order valence-corrected chi connectivity index (χ1v) is 18.4. The van der Waals surface area contributed by atoms with Crippen LogP contribution in [0.3, 0.4) is 0 Å². The van der Waals surface area contributed by atoms with Gasteiger partial charge in [0.15, 0.2) is 6.61 Å². The van der Waals surface area contributed by atoms with Crippen molar-refractivity contribution in [1.29, 1.82) is 5.41 Å². The maximum absolute atomic E-state index is 13.8. The Morgan fingerprint density at radius 2 is 1.55 bits per heavy atom. The van der Waals surface area contributed by atoms with Crippen molar-refractivity contribution in [3.8, 4) is 5.75 Å². The van der Waals surface area contributed by atoms with Gasteiger partial charge in [-0.25, -0.2) is 24.1 Å². The van der Waals surface area contributed by atoms with Gasteiger partial charge in [-0.05, 0) is 105 Å². The molecular formula is C37H59N7O12. The predicted octanol–water partition coefficient (Wildman–Crippen LogP) is 2.80. The van der Waals surface area contributed by atoms with Crippen LogP contribution in [0.15, 0.2) is 24.3 Å². The maximum atomic E-state index is 13.8. The van der Waals surface area contributed by atoms with Crippen LogP contribution in [0, 0.1) is 5.41 Å². The number of carbonyl (C=O) groups excluding carboxylic acids is 6. The normalized spacial score (nSPS) is 12.2. The van der Waals surface area contributed by atoms with Crippen molar-refractivity contribution in [2.75, 3.05) is 32.8 Å². The van der Waals surface area contributed by atoms with E-state index in [4.69, 9.17) is 35.2 Å². The Morgan fingerprint density at radius 3 is 2.16 bits per heavy atom. The van der Waals surface area contributed by atoms with Crippen LogP contribution in [0.25, 0.3) is 0 Å². The third kappa shape index (κ3) is 20.8. The molecule has 8 N–H and O–H groups in total. The molecule has 0 radical (unpaired) electrons. The number of esters is 1. The number of hydrogen-bond donors (Lipinski definition) is 7. The zero-order valence-corrected chi connectivity index (χ0v) is 33.4. The Kier molecular flexibility index (Phi) is 20.9. The molecule has 0 saturated carbocycles. The SMILES string of the molecule is CCCCOC(=O)NC(=N)N(CCC[C@H](NC(=O)CNC(=O)c1cccc(OCC(=O)O)c1)C(=O)N[C@@H](CCCCN)C(=O)OC(C)(C)C)C(=O)OC(C)(C)C. The van der Waals surface area contributed by atoms with E-state index in [1.54, 1.807) is 41.5 Å². The molecule has 1 aromatic rings. The Morgan fingerprint density at radius 1 is 0.893 bits per heavy atom. The molecule has 19 heteroatoms. The lowest BCUT2D eigenvalue weighted by Gasteiger charge is -2.28. The third-order valence-electron chi connectivity index (χ3n) is 7.18. The average Bonchev–Trinajstić information content (AvgIpc) is 3.09. The second-order valence-corrected chi connectivity index (χ2v) is 14.6. The van der Waals surface area contributed by atoms with Crippen molar-refractivity contribution < 1.29 is 57.6 Å². The number of nitrogens with two attached hydrogens (primary N) is 1. The Hall–Kier alpha value is -5.46. The molecule has 314 valence electrons. The number of carboxylic acid groups (broad SMARTS) is 1. The first-order chi connectivity index (χ1) is 26.1. The maximum Gasteiger partial charge on any atom is 0.417 e. The quantitative estimate of drug-likeness (QED) is 0.0310. The van der Waals surface area contributed by atoms with Crippen LogP contribution in [0.4, 0.5) is 9.59 Å². The zero-order valence-electron chi connectivity index (χ0n) is 33.4.